The normalized spacial score (nSPS) is 24.3. The largest absolute Gasteiger partial charge is 0.379 e. The maximum absolute atomic E-state index is 11.6. The average molecular weight is 247 g/mol. The minimum atomic E-state index is -0.246. The Morgan fingerprint density at radius 3 is 1.62 bits per heavy atom. The van der Waals surface area contributed by atoms with Gasteiger partial charge in [-0.15, -0.1) is 0 Å². The van der Waals surface area contributed by atoms with Crippen molar-refractivity contribution < 1.29 is 14.3 Å². The van der Waals surface area contributed by atoms with Gasteiger partial charge in [-0.2, -0.15) is 15.1 Å². The lowest BCUT2D eigenvalue weighted by atomic mass is 10.5. The number of hydrogen-bond donors (Lipinski definition) is 1. The van der Waals surface area contributed by atoms with Crippen LogP contribution in [-0.4, -0.2) is 73.0 Å². The Kier molecular flexibility index (Phi) is 4.42. The summed E-state index contributed by atoms with van der Waals surface area (Å²) in [5.74, 6) is 0. The third-order valence-electron chi connectivity index (χ3n) is 2.68. The van der Waals surface area contributed by atoms with Gasteiger partial charge in [0.1, 0.15) is 0 Å². The van der Waals surface area contributed by atoms with Crippen molar-refractivity contribution in [3.8, 4) is 0 Å². The van der Waals surface area contributed by atoms with Gasteiger partial charge < -0.3 is 9.47 Å². The van der Waals surface area contributed by atoms with Crippen molar-refractivity contribution in [2.45, 2.75) is 0 Å². The van der Waals surface area contributed by atoms with Crippen LogP contribution < -0.4 is 0 Å². The van der Waals surface area contributed by atoms with E-state index in [0.717, 1.165) is 26.2 Å². The molecule has 0 aromatic heterocycles. The highest BCUT2D eigenvalue weighted by atomic mass is 32.1. The molecular formula is C9H17N3O3S. The summed E-state index contributed by atoms with van der Waals surface area (Å²) in [6.45, 7) is 5.52. The topological polar surface area (TPSA) is 45.2 Å². The summed E-state index contributed by atoms with van der Waals surface area (Å²) in [5.41, 5.74) is 0. The van der Waals surface area contributed by atoms with Gasteiger partial charge in [0.2, 0.25) is 0 Å². The second-order valence-electron chi connectivity index (χ2n) is 3.70. The molecule has 0 saturated carbocycles. The number of hydrogen-bond acceptors (Lipinski definition) is 5. The molecule has 2 aliphatic rings. The van der Waals surface area contributed by atoms with Crippen LogP contribution in [0.2, 0.25) is 0 Å². The van der Waals surface area contributed by atoms with Crippen LogP contribution in [0.15, 0.2) is 0 Å². The fourth-order valence-electron chi connectivity index (χ4n) is 1.91. The van der Waals surface area contributed by atoms with Gasteiger partial charge >= 0.3 is 5.24 Å². The minimum absolute atomic E-state index is 0.246. The molecule has 1 amide bonds. The molecule has 2 rings (SSSR count). The highest BCUT2D eigenvalue weighted by molar-refractivity contribution is 7.96. The number of thiol groups is 1. The first-order valence-electron chi connectivity index (χ1n) is 5.47. The maximum Gasteiger partial charge on any atom is 0.307 e. The highest BCUT2D eigenvalue weighted by Crippen LogP contribution is 2.12. The molecule has 7 heteroatoms. The molecule has 0 aromatic rings. The zero-order valence-electron chi connectivity index (χ0n) is 9.17. The van der Waals surface area contributed by atoms with Crippen LogP contribution in [0.4, 0.5) is 4.79 Å². The van der Waals surface area contributed by atoms with Crippen LogP contribution in [0.3, 0.4) is 0 Å². The molecule has 0 N–H and O–H groups in total. The second-order valence-corrected chi connectivity index (χ2v) is 4.09. The Bertz CT molecular complexity index is 224. The molecule has 2 heterocycles. The summed E-state index contributed by atoms with van der Waals surface area (Å²) in [7, 11) is 0. The Balaban J connectivity index is 1.99. The monoisotopic (exact) mass is 247 g/mol. The molecule has 92 valence electrons. The van der Waals surface area contributed by atoms with Gasteiger partial charge in [-0.3, -0.25) is 4.79 Å². The van der Waals surface area contributed by atoms with Crippen molar-refractivity contribution in [2.24, 2.45) is 0 Å². The van der Waals surface area contributed by atoms with Crippen LogP contribution >= 0.6 is 12.6 Å². The van der Waals surface area contributed by atoms with Gasteiger partial charge in [0.25, 0.3) is 0 Å². The van der Waals surface area contributed by atoms with Crippen LogP contribution in [0, 0.1) is 0 Å². The third kappa shape index (κ3) is 2.86. The lowest BCUT2D eigenvalue weighted by molar-refractivity contribution is -0.185. The van der Waals surface area contributed by atoms with E-state index in [2.05, 4.69) is 12.6 Å². The molecule has 0 unspecified atom stereocenters. The minimum Gasteiger partial charge on any atom is -0.379 e. The average Bonchev–Trinajstić information content (AvgIpc) is 2.31. The fourth-order valence-corrected chi connectivity index (χ4v) is 2.16. The summed E-state index contributed by atoms with van der Waals surface area (Å²) < 4.78 is 10.5. The first-order chi connectivity index (χ1) is 7.79. The van der Waals surface area contributed by atoms with Gasteiger partial charge in [0.05, 0.1) is 26.4 Å². The summed E-state index contributed by atoms with van der Waals surface area (Å²) in [6, 6.07) is 0. The van der Waals surface area contributed by atoms with Crippen LogP contribution in [0.1, 0.15) is 0 Å². The van der Waals surface area contributed by atoms with Crippen LogP contribution in [0.25, 0.3) is 0 Å². The zero-order chi connectivity index (χ0) is 11.4. The Hall–Kier alpha value is -0.340. The number of ether oxygens (including phenoxy) is 2. The quantitative estimate of drug-likeness (QED) is 0.687. The Labute approximate surface area is 100 Å². The molecule has 2 saturated heterocycles. The van der Waals surface area contributed by atoms with E-state index in [1.807, 2.05) is 10.0 Å². The second kappa shape index (κ2) is 5.83. The molecule has 2 fully saturated rings. The molecule has 6 nitrogen and oxygen atoms in total. The molecule has 0 aromatic carbocycles. The van der Waals surface area contributed by atoms with Gasteiger partial charge in [0, 0.05) is 26.2 Å². The third-order valence-corrected chi connectivity index (χ3v) is 2.86. The maximum atomic E-state index is 11.6. The van der Waals surface area contributed by atoms with E-state index in [1.165, 1.54) is 0 Å². The summed E-state index contributed by atoms with van der Waals surface area (Å²) in [5, 5.41) is 5.33. The van der Waals surface area contributed by atoms with E-state index in [4.69, 9.17) is 9.47 Å². The fraction of sp³-hybridized carbons (Fsp3) is 0.889. The molecule has 0 radical (unpaired) electrons. The lowest BCUT2D eigenvalue weighted by Crippen LogP contribution is -2.60. The smallest absolute Gasteiger partial charge is 0.307 e. The molecule has 16 heavy (non-hydrogen) atoms. The van der Waals surface area contributed by atoms with Crippen molar-refractivity contribution in [3.05, 3.63) is 0 Å². The van der Waals surface area contributed by atoms with Crippen molar-refractivity contribution in [1.29, 1.82) is 0 Å². The standard InChI is InChI=1S/C9H17N3O3S/c13-9(16)12(10-1-5-14-6-2-10)11-3-7-15-8-4-11/h1-8H2,(H,13,16). The molecule has 0 atom stereocenters. The predicted molar refractivity (Wildman–Crippen MR) is 61.0 cm³/mol. The van der Waals surface area contributed by atoms with E-state index >= 15 is 0 Å². The summed E-state index contributed by atoms with van der Waals surface area (Å²) >= 11 is 3.94. The van der Waals surface area contributed by atoms with E-state index in [-0.39, 0.29) is 5.24 Å². The Morgan fingerprint density at radius 1 is 0.938 bits per heavy atom. The molecule has 0 aliphatic carbocycles. The van der Waals surface area contributed by atoms with Gasteiger partial charge in [-0.25, -0.2) is 0 Å². The predicted octanol–water partition coefficient (Wildman–Crippen LogP) is -0.167. The Morgan fingerprint density at radius 2 is 1.31 bits per heavy atom. The molecule has 2 aliphatic heterocycles. The van der Waals surface area contributed by atoms with Gasteiger partial charge in [-0.1, -0.05) is 12.6 Å². The number of carbonyl (C=O) groups excluding carboxylic acids is 1. The number of hydrazine groups is 2. The van der Waals surface area contributed by atoms with Crippen molar-refractivity contribution in [2.75, 3.05) is 52.6 Å². The first-order valence-corrected chi connectivity index (χ1v) is 5.92. The van der Waals surface area contributed by atoms with Crippen molar-refractivity contribution in [3.63, 3.8) is 0 Å². The molecule has 0 bridgehead atoms. The van der Waals surface area contributed by atoms with E-state index in [9.17, 15) is 4.79 Å². The van der Waals surface area contributed by atoms with Crippen molar-refractivity contribution >= 4 is 17.9 Å². The number of rotatable bonds is 2. The summed E-state index contributed by atoms with van der Waals surface area (Å²) in [4.78, 5) is 11.6. The van der Waals surface area contributed by atoms with Crippen molar-refractivity contribution in [1.82, 2.24) is 15.1 Å². The number of carbonyl (C=O) groups is 1. The number of amides is 1. The molecule has 0 spiro atoms. The van der Waals surface area contributed by atoms with E-state index in [1.54, 1.807) is 5.12 Å². The number of morpholine rings is 2. The lowest BCUT2D eigenvalue weighted by Gasteiger charge is -2.43. The number of nitrogens with zero attached hydrogens (tertiary/aromatic N) is 3. The van der Waals surface area contributed by atoms with E-state index < -0.39 is 0 Å². The first kappa shape index (κ1) is 12.1. The van der Waals surface area contributed by atoms with Gasteiger partial charge in [-0.05, 0) is 0 Å². The van der Waals surface area contributed by atoms with E-state index in [0.29, 0.717) is 26.4 Å². The zero-order valence-corrected chi connectivity index (χ0v) is 10.1. The highest BCUT2D eigenvalue weighted by Gasteiger charge is 2.28. The SMILES string of the molecule is O=C(S)N(N1CCOCC1)N1CCOCC1. The summed E-state index contributed by atoms with van der Waals surface area (Å²) in [6.07, 6.45) is 0. The van der Waals surface area contributed by atoms with Gasteiger partial charge in [0.15, 0.2) is 0 Å². The molecular weight excluding hydrogens is 230 g/mol. The van der Waals surface area contributed by atoms with Crippen LogP contribution in [0.5, 0.6) is 0 Å². The van der Waals surface area contributed by atoms with Crippen LogP contribution in [-0.2, 0) is 9.47 Å².